The Kier molecular flexibility index (Phi) is 3.15. The molecule has 0 fully saturated rings. The zero-order chi connectivity index (χ0) is 14.9. The maximum Gasteiger partial charge on any atom is 0.244 e. The maximum absolute atomic E-state index is 2.29. The number of rotatable bonds is 3. The summed E-state index contributed by atoms with van der Waals surface area (Å²) in [5.74, 6) is 0. The highest BCUT2D eigenvalue weighted by molar-refractivity contribution is 6.02. The molecular weight excluding hydrogens is 268 g/mol. The fourth-order valence-electron chi connectivity index (χ4n) is 3.18. The van der Waals surface area contributed by atoms with Crippen LogP contribution in [-0.4, -0.2) is 4.57 Å². The first-order valence-corrected chi connectivity index (χ1v) is 7.79. The molecule has 0 amide bonds. The van der Waals surface area contributed by atoms with Crippen molar-refractivity contribution >= 4 is 21.5 Å². The Balaban J connectivity index is 1.95. The summed E-state index contributed by atoms with van der Waals surface area (Å²) >= 11 is 0. The normalized spacial score (nSPS) is 11.3. The summed E-state index contributed by atoms with van der Waals surface area (Å²) in [4.78, 5) is 0. The van der Waals surface area contributed by atoms with Gasteiger partial charge in [0.2, 0.25) is 6.33 Å². The van der Waals surface area contributed by atoms with E-state index in [0.717, 1.165) is 13.1 Å². The molecule has 0 radical (unpaired) electrons. The lowest BCUT2D eigenvalue weighted by molar-refractivity contribution is -0.687. The molecule has 4 rings (SSSR count). The van der Waals surface area contributed by atoms with Gasteiger partial charge in [0.15, 0.2) is 0 Å². The number of aryl methyl sites for hydroxylation is 1. The van der Waals surface area contributed by atoms with Crippen LogP contribution in [0.3, 0.4) is 0 Å². The van der Waals surface area contributed by atoms with Crippen LogP contribution in [0.25, 0.3) is 21.5 Å². The Bertz CT molecular complexity index is 896. The van der Waals surface area contributed by atoms with Crippen LogP contribution in [0, 0.1) is 0 Å². The van der Waals surface area contributed by atoms with Crippen LogP contribution in [0.15, 0.2) is 73.3 Å². The second-order valence-corrected chi connectivity index (χ2v) is 5.71. The topological polar surface area (TPSA) is 8.81 Å². The van der Waals surface area contributed by atoms with E-state index in [1.807, 2.05) is 0 Å². The quantitative estimate of drug-likeness (QED) is 0.395. The predicted molar refractivity (Wildman–Crippen MR) is 90.9 cm³/mol. The molecule has 2 nitrogen and oxygen atoms in total. The van der Waals surface area contributed by atoms with Crippen LogP contribution >= 0.6 is 0 Å². The lowest BCUT2D eigenvalue weighted by Crippen LogP contribution is -2.31. The van der Waals surface area contributed by atoms with E-state index >= 15 is 0 Å². The largest absolute Gasteiger partial charge is 0.244 e. The van der Waals surface area contributed by atoms with Gasteiger partial charge in [0.05, 0.1) is 6.54 Å². The molecule has 1 aromatic heterocycles. The molecular formula is C20H19N2+. The van der Waals surface area contributed by atoms with Gasteiger partial charge in [0.1, 0.15) is 18.9 Å². The van der Waals surface area contributed by atoms with Crippen molar-refractivity contribution in [2.45, 2.75) is 20.0 Å². The van der Waals surface area contributed by atoms with E-state index in [1.165, 1.54) is 27.1 Å². The van der Waals surface area contributed by atoms with Gasteiger partial charge in [-0.25, -0.2) is 9.13 Å². The number of nitrogens with zero attached hydrogens (tertiary/aromatic N) is 2. The molecule has 22 heavy (non-hydrogen) atoms. The Morgan fingerprint density at radius 1 is 0.909 bits per heavy atom. The molecule has 0 aliphatic heterocycles. The van der Waals surface area contributed by atoms with Crippen LogP contribution in [0.5, 0.6) is 0 Å². The minimum absolute atomic E-state index is 0.898. The summed E-state index contributed by atoms with van der Waals surface area (Å²) in [5.41, 5.74) is 1.40. The summed E-state index contributed by atoms with van der Waals surface area (Å²) < 4.78 is 4.46. The highest BCUT2D eigenvalue weighted by Gasteiger charge is 2.11. The summed E-state index contributed by atoms with van der Waals surface area (Å²) in [6.45, 7) is 4.07. The minimum Gasteiger partial charge on any atom is -0.237 e. The van der Waals surface area contributed by atoms with Crippen LogP contribution in [-0.2, 0) is 13.1 Å². The van der Waals surface area contributed by atoms with E-state index in [-0.39, 0.29) is 0 Å². The van der Waals surface area contributed by atoms with Crippen molar-refractivity contribution < 1.29 is 4.57 Å². The van der Waals surface area contributed by atoms with Gasteiger partial charge in [0, 0.05) is 5.56 Å². The smallest absolute Gasteiger partial charge is 0.237 e. The second kappa shape index (κ2) is 5.30. The molecule has 1 heterocycles. The molecule has 0 atom stereocenters. The molecule has 0 saturated heterocycles. The Morgan fingerprint density at radius 2 is 1.55 bits per heavy atom. The number of aromatic nitrogens is 2. The molecule has 0 bridgehead atoms. The molecule has 0 N–H and O–H groups in total. The highest BCUT2D eigenvalue weighted by atomic mass is 15.1. The molecule has 3 aromatic carbocycles. The molecule has 0 aliphatic carbocycles. The Labute approximate surface area is 130 Å². The van der Waals surface area contributed by atoms with Gasteiger partial charge in [-0.2, -0.15) is 0 Å². The third-order valence-corrected chi connectivity index (χ3v) is 4.33. The first-order valence-electron chi connectivity index (χ1n) is 7.79. The number of benzene rings is 3. The summed E-state index contributed by atoms with van der Waals surface area (Å²) in [6, 6.07) is 19.6. The fraction of sp³-hybridized carbons (Fsp3) is 0.150. The average Bonchev–Trinajstić information content (AvgIpc) is 3.02. The van der Waals surface area contributed by atoms with E-state index < -0.39 is 0 Å². The van der Waals surface area contributed by atoms with Gasteiger partial charge >= 0.3 is 0 Å². The van der Waals surface area contributed by atoms with Crippen molar-refractivity contribution in [2.24, 2.45) is 0 Å². The molecule has 2 heteroatoms. The number of fused-ring (bicyclic) bond motifs is 2. The molecule has 0 saturated carbocycles. The Hall–Kier alpha value is -2.61. The van der Waals surface area contributed by atoms with Gasteiger partial charge < -0.3 is 0 Å². The predicted octanol–water partition coefficient (Wildman–Crippen LogP) is 4.15. The fourth-order valence-corrected chi connectivity index (χ4v) is 3.18. The van der Waals surface area contributed by atoms with E-state index in [0.29, 0.717) is 0 Å². The van der Waals surface area contributed by atoms with Crippen molar-refractivity contribution in [3.63, 3.8) is 0 Å². The first kappa shape index (κ1) is 13.1. The van der Waals surface area contributed by atoms with Crippen molar-refractivity contribution in [1.29, 1.82) is 0 Å². The van der Waals surface area contributed by atoms with Crippen LogP contribution < -0.4 is 4.57 Å². The van der Waals surface area contributed by atoms with E-state index in [4.69, 9.17) is 0 Å². The number of imidazole rings is 1. The third kappa shape index (κ3) is 2.17. The second-order valence-electron chi connectivity index (χ2n) is 5.71. The standard InChI is InChI=1S/C20H19N2/c1-2-21-11-12-22(15-21)14-20-18-9-5-3-7-16(18)13-17-8-4-6-10-19(17)20/h3-13,15H,2,14H2,1H3/q+1. The van der Waals surface area contributed by atoms with Gasteiger partial charge in [-0.15, -0.1) is 0 Å². The zero-order valence-corrected chi connectivity index (χ0v) is 12.7. The monoisotopic (exact) mass is 287 g/mol. The van der Waals surface area contributed by atoms with Gasteiger partial charge in [0.25, 0.3) is 0 Å². The number of hydrogen-bond acceptors (Lipinski definition) is 0. The van der Waals surface area contributed by atoms with E-state index in [2.05, 4.69) is 89.4 Å². The molecule has 0 unspecified atom stereocenters. The van der Waals surface area contributed by atoms with Gasteiger partial charge in [-0.1, -0.05) is 48.5 Å². The van der Waals surface area contributed by atoms with Crippen molar-refractivity contribution in [3.8, 4) is 0 Å². The van der Waals surface area contributed by atoms with Gasteiger partial charge in [-0.3, -0.25) is 0 Å². The number of hydrogen-bond donors (Lipinski definition) is 0. The van der Waals surface area contributed by atoms with E-state index in [1.54, 1.807) is 0 Å². The highest BCUT2D eigenvalue weighted by Crippen LogP contribution is 2.28. The minimum atomic E-state index is 0.898. The summed E-state index contributed by atoms with van der Waals surface area (Å²) in [5, 5.41) is 5.31. The summed E-state index contributed by atoms with van der Waals surface area (Å²) in [6.07, 6.45) is 6.46. The Morgan fingerprint density at radius 3 is 2.14 bits per heavy atom. The maximum atomic E-state index is 2.29. The molecule has 0 aliphatic rings. The third-order valence-electron chi connectivity index (χ3n) is 4.33. The van der Waals surface area contributed by atoms with Crippen molar-refractivity contribution in [1.82, 2.24) is 4.57 Å². The van der Waals surface area contributed by atoms with Crippen LogP contribution in [0.1, 0.15) is 12.5 Å². The molecule has 0 spiro atoms. The van der Waals surface area contributed by atoms with Crippen molar-refractivity contribution in [2.75, 3.05) is 0 Å². The lowest BCUT2D eigenvalue weighted by atomic mass is 9.97. The lowest BCUT2D eigenvalue weighted by Gasteiger charge is -2.10. The molecule has 4 aromatic rings. The molecule has 108 valence electrons. The average molecular weight is 287 g/mol. The first-order chi connectivity index (χ1) is 10.8. The SMILES string of the molecule is CCn1cc[n+](Cc2c3ccccc3cc3ccccc23)c1. The van der Waals surface area contributed by atoms with E-state index in [9.17, 15) is 0 Å². The van der Waals surface area contributed by atoms with Crippen molar-refractivity contribution in [3.05, 3.63) is 78.9 Å². The van der Waals surface area contributed by atoms with Gasteiger partial charge in [-0.05, 0) is 34.5 Å². The summed E-state index contributed by atoms with van der Waals surface area (Å²) in [7, 11) is 0. The van der Waals surface area contributed by atoms with Crippen LogP contribution in [0.2, 0.25) is 0 Å². The zero-order valence-electron chi connectivity index (χ0n) is 12.7. The van der Waals surface area contributed by atoms with Crippen LogP contribution in [0.4, 0.5) is 0 Å².